The second-order valence-electron chi connectivity index (χ2n) is 7.45. The van der Waals surface area contributed by atoms with Crippen LogP contribution in [0.3, 0.4) is 0 Å². The van der Waals surface area contributed by atoms with Crippen LogP contribution in [-0.4, -0.2) is 25.5 Å². The summed E-state index contributed by atoms with van der Waals surface area (Å²) < 4.78 is 56.2. The van der Waals surface area contributed by atoms with Gasteiger partial charge in [-0.2, -0.15) is 23.4 Å². The average Bonchev–Trinajstić information content (AvgIpc) is 3.34. The van der Waals surface area contributed by atoms with Gasteiger partial charge in [0.15, 0.2) is 5.69 Å². The summed E-state index contributed by atoms with van der Waals surface area (Å²) in [4.78, 5) is 12.7. The highest BCUT2D eigenvalue weighted by Crippen LogP contribution is 2.47. The Morgan fingerprint density at radius 1 is 1.32 bits per heavy atom. The van der Waals surface area contributed by atoms with Gasteiger partial charge in [0, 0.05) is 17.7 Å². The second-order valence-corrected chi connectivity index (χ2v) is 8.24. The summed E-state index contributed by atoms with van der Waals surface area (Å²) in [5.74, 6) is -0.956. The van der Waals surface area contributed by atoms with Crippen LogP contribution in [0.2, 0.25) is 0 Å². The zero-order valence-electron chi connectivity index (χ0n) is 16.3. The molecule has 4 rings (SSSR count). The second kappa shape index (κ2) is 8.10. The van der Waals surface area contributed by atoms with E-state index >= 15 is 0 Å². The predicted molar refractivity (Wildman–Crippen MR) is 108 cm³/mol. The molecule has 1 aliphatic rings. The number of nitrogens with zero attached hydrogens (tertiary/aromatic N) is 4. The van der Waals surface area contributed by atoms with E-state index in [0.717, 1.165) is 17.5 Å². The maximum atomic E-state index is 13.8. The Labute approximate surface area is 183 Å². The first kappa shape index (κ1) is 21.5. The molecule has 3 aromatic rings. The Kier molecular flexibility index (Phi) is 5.63. The van der Waals surface area contributed by atoms with Crippen molar-refractivity contribution >= 4 is 27.5 Å². The highest BCUT2D eigenvalue weighted by atomic mass is 79.9. The molecular formula is C20H18BrF4N5O. The van der Waals surface area contributed by atoms with Crippen molar-refractivity contribution < 1.29 is 22.4 Å². The minimum absolute atomic E-state index is 0.0586. The molecule has 1 saturated carbocycles. The highest BCUT2D eigenvalue weighted by Gasteiger charge is 2.43. The van der Waals surface area contributed by atoms with Gasteiger partial charge in [0.1, 0.15) is 11.9 Å². The molecule has 2 aromatic heterocycles. The number of carbonyl (C=O) groups excluding carboxylic acids is 1. The fourth-order valence-corrected chi connectivity index (χ4v) is 4.11. The van der Waals surface area contributed by atoms with Gasteiger partial charge in [0.25, 0.3) is 0 Å². The third kappa shape index (κ3) is 4.51. The molecule has 1 unspecified atom stereocenters. The highest BCUT2D eigenvalue weighted by molar-refractivity contribution is 9.10. The van der Waals surface area contributed by atoms with Crippen LogP contribution in [0.1, 0.15) is 48.7 Å². The molecule has 0 saturated heterocycles. The van der Waals surface area contributed by atoms with Crippen molar-refractivity contribution in [3.8, 4) is 0 Å². The van der Waals surface area contributed by atoms with Gasteiger partial charge in [-0.1, -0.05) is 18.2 Å². The SMILES string of the molecule is CC(C(=O)Nc1cnn(Cc2ccccc2F)c1)n1nc(C(F)(F)F)c(Br)c1C1CC1. The molecule has 164 valence electrons. The summed E-state index contributed by atoms with van der Waals surface area (Å²) in [6.07, 6.45) is -0.207. The van der Waals surface area contributed by atoms with Crippen LogP contribution in [0.4, 0.5) is 23.2 Å². The predicted octanol–water partition coefficient (Wildman–Crippen LogP) is 5.13. The van der Waals surface area contributed by atoms with E-state index in [1.165, 1.54) is 30.1 Å². The first-order valence-corrected chi connectivity index (χ1v) is 10.4. The normalized spacial score (nSPS) is 15.2. The van der Waals surface area contributed by atoms with E-state index in [2.05, 4.69) is 31.4 Å². The van der Waals surface area contributed by atoms with Gasteiger partial charge in [-0.25, -0.2) is 4.39 Å². The lowest BCUT2D eigenvalue weighted by atomic mass is 10.2. The van der Waals surface area contributed by atoms with E-state index in [9.17, 15) is 22.4 Å². The number of aromatic nitrogens is 4. The molecule has 1 atom stereocenters. The topological polar surface area (TPSA) is 64.7 Å². The summed E-state index contributed by atoms with van der Waals surface area (Å²) in [6.45, 7) is 1.66. The van der Waals surface area contributed by atoms with Crippen molar-refractivity contribution in [1.82, 2.24) is 19.6 Å². The minimum Gasteiger partial charge on any atom is -0.322 e. The van der Waals surface area contributed by atoms with Gasteiger partial charge < -0.3 is 5.32 Å². The number of nitrogens with one attached hydrogen (secondary N) is 1. The molecule has 31 heavy (non-hydrogen) atoms. The van der Waals surface area contributed by atoms with Crippen molar-refractivity contribution in [2.75, 3.05) is 5.32 Å². The van der Waals surface area contributed by atoms with E-state index in [1.807, 2.05) is 0 Å². The summed E-state index contributed by atoms with van der Waals surface area (Å²) in [5.41, 5.74) is 0.132. The number of alkyl halides is 3. The molecule has 2 heterocycles. The average molecular weight is 500 g/mol. The number of hydrogen-bond donors (Lipinski definition) is 1. The number of carbonyl (C=O) groups is 1. The number of rotatable bonds is 6. The first-order chi connectivity index (χ1) is 14.6. The van der Waals surface area contributed by atoms with E-state index in [-0.39, 0.29) is 22.8 Å². The molecule has 1 fully saturated rings. The zero-order chi connectivity index (χ0) is 22.3. The largest absolute Gasteiger partial charge is 0.436 e. The molecule has 11 heteroatoms. The Hall–Kier alpha value is -2.69. The lowest BCUT2D eigenvalue weighted by Gasteiger charge is -2.15. The van der Waals surface area contributed by atoms with Crippen LogP contribution in [0, 0.1) is 5.82 Å². The summed E-state index contributed by atoms with van der Waals surface area (Å²) >= 11 is 3.02. The maximum absolute atomic E-state index is 13.8. The van der Waals surface area contributed by atoms with E-state index in [4.69, 9.17) is 0 Å². The van der Waals surface area contributed by atoms with Crippen LogP contribution >= 0.6 is 15.9 Å². The van der Waals surface area contributed by atoms with Crippen LogP contribution in [0.25, 0.3) is 0 Å². The zero-order valence-corrected chi connectivity index (χ0v) is 17.9. The number of halogens is 5. The van der Waals surface area contributed by atoms with Crippen molar-refractivity contribution in [3.05, 3.63) is 63.9 Å². The van der Waals surface area contributed by atoms with E-state index in [1.54, 1.807) is 18.2 Å². The molecule has 1 aliphatic carbocycles. The van der Waals surface area contributed by atoms with Crippen LogP contribution in [0.5, 0.6) is 0 Å². The van der Waals surface area contributed by atoms with Gasteiger partial charge in [-0.3, -0.25) is 14.2 Å². The Bertz CT molecular complexity index is 1120. The molecule has 0 spiro atoms. The molecular weight excluding hydrogens is 482 g/mol. The van der Waals surface area contributed by atoms with Crippen molar-refractivity contribution in [3.63, 3.8) is 0 Å². The number of hydrogen-bond acceptors (Lipinski definition) is 3. The van der Waals surface area contributed by atoms with Crippen molar-refractivity contribution in [1.29, 1.82) is 0 Å². The lowest BCUT2D eigenvalue weighted by molar-refractivity contribution is -0.142. The first-order valence-electron chi connectivity index (χ1n) is 9.57. The summed E-state index contributed by atoms with van der Waals surface area (Å²) in [6, 6.07) is 5.30. The van der Waals surface area contributed by atoms with Crippen molar-refractivity contribution in [2.24, 2.45) is 0 Å². The van der Waals surface area contributed by atoms with E-state index < -0.39 is 23.8 Å². The van der Waals surface area contributed by atoms with Crippen LogP contribution in [0.15, 0.2) is 41.1 Å². The van der Waals surface area contributed by atoms with Gasteiger partial charge in [0.2, 0.25) is 5.91 Å². The Morgan fingerprint density at radius 2 is 2.03 bits per heavy atom. The van der Waals surface area contributed by atoms with Gasteiger partial charge in [-0.05, 0) is 41.8 Å². The molecule has 0 aliphatic heterocycles. The third-order valence-corrected chi connectivity index (χ3v) is 5.84. The van der Waals surface area contributed by atoms with Gasteiger partial charge in [-0.15, -0.1) is 0 Å². The fourth-order valence-electron chi connectivity index (χ4n) is 3.30. The standard InChI is InChI=1S/C20H18BrF4N5O/c1-11(30-17(12-6-7-12)16(21)18(28-30)20(23,24)25)19(31)27-14-8-26-29(10-14)9-13-4-2-3-5-15(13)22/h2-5,8,10-12H,6-7,9H2,1H3,(H,27,31). The number of benzene rings is 1. The monoisotopic (exact) mass is 499 g/mol. The quantitative estimate of drug-likeness (QED) is 0.478. The minimum atomic E-state index is -4.63. The Morgan fingerprint density at radius 3 is 2.68 bits per heavy atom. The number of amides is 1. The molecule has 1 aromatic carbocycles. The molecule has 1 amide bonds. The summed E-state index contributed by atoms with van der Waals surface area (Å²) in [7, 11) is 0. The number of anilines is 1. The van der Waals surface area contributed by atoms with Crippen molar-refractivity contribution in [2.45, 2.75) is 44.4 Å². The van der Waals surface area contributed by atoms with E-state index in [0.29, 0.717) is 16.9 Å². The Balaban J connectivity index is 1.51. The lowest BCUT2D eigenvalue weighted by Crippen LogP contribution is -2.26. The molecule has 0 radical (unpaired) electrons. The smallest absolute Gasteiger partial charge is 0.322 e. The van der Waals surface area contributed by atoms with Gasteiger partial charge >= 0.3 is 6.18 Å². The third-order valence-electron chi connectivity index (χ3n) is 5.06. The maximum Gasteiger partial charge on any atom is 0.436 e. The van der Waals surface area contributed by atoms with Crippen LogP contribution < -0.4 is 5.32 Å². The van der Waals surface area contributed by atoms with Gasteiger partial charge in [0.05, 0.1) is 28.6 Å². The molecule has 0 bridgehead atoms. The molecule has 1 N–H and O–H groups in total. The molecule has 6 nitrogen and oxygen atoms in total. The fraction of sp³-hybridized carbons (Fsp3) is 0.350. The van der Waals surface area contributed by atoms with Crippen LogP contribution in [-0.2, 0) is 17.5 Å². The summed E-state index contributed by atoms with van der Waals surface area (Å²) in [5, 5.41) is 10.4.